The molecule has 0 spiro atoms. The molecule has 0 saturated carbocycles. The molecule has 28 heavy (non-hydrogen) atoms. The third-order valence-corrected chi connectivity index (χ3v) is 3.77. The van der Waals surface area contributed by atoms with Crippen molar-refractivity contribution in [2.75, 3.05) is 14.1 Å². The van der Waals surface area contributed by atoms with Crippen LogP contribution in [0.5, 0.6) is 11.6 Å². The molecule has 2 rings (SSSR count). The van der Waals surface area contributed by atoms with E-state index in [-0.39, 0.29) is 30.0 Å². The summed E-state index contributed by atoms with van der Waals surface area (Å²) in [5.74, 6) is -15.9. The number of carbonyl (C=O) groups excluding carboxylic acids is 1. The van der Waals surface area contributed by atoms with E-state index in [9.17, 15) is 31.1 Å². The van der Waals surface area contributed by atoms with Gasteiger partial charge >= 0.3 is 17.8 Å². The number of nitrogens with zero attached hydrogens (tertiary/aromatic N) is 2. The SMILES string of the molecule is CN(C)C(=O)c1ccc(Oc2ccc(C(F)(F)C(F)(F)C(C)(F)F)cc2)nc1. The van der Waals surface area contributed by atoms with Gasteiger partial charge in [0.1, 0.15) is 5.75 Å². The Kier molecular flexibility index (Phi) is 5.63. The van der Waals surface area contributed by atoms with Gasteiger partial charge in [0.25, 0.3) is 5.91 Å². The lowest BCUT2D eigenvalue weighted by molar-refractivity contribution is -0.308. The largest absolute Gasteiger partial charge is 0.439 e. The highest BCUT2D eigenvalue weighted by Gasteiger charge is 2.69. The Morgan fingerprint density at radius 1 is 0.964 bits per heavy atom. The quantitative estimate of drug-likeness (QED) is 0.637. The molecule has 1 aromatic carbocycles. The first-order chi connectivity index (χ1) is 12.8. The Bertz CT molecular complexity index is 831. The van der Waals surface area contributed by atoms with Gasteiger partial charge in [0.15, 0.2) is 0 Å². The molecular weight excluding hydrogens is 390 g/mol. The molecule has 1 heterocycles. The lowest BCUT2D eigenvalue weighted by Gasteiger charge is -2.31. The monoisotopic (exact) mass is 406 g/mol. The van der Waals surface area contributed by atoms with E-state index in [2.05, 4.69) is 4.98 Å². The molecule has 152 valence electrons. The summed E-state index contributed by atoms with van der Waals surface area (Å²) >= 11 is 0. The molecule has 0 fully saturated rings. The van der Waals surface area contributed by atoms with Crippen LogP contribution in [0.3, 0.4) is 0 Å². The number of halogens is 6. The zero-order valence-corrected chi connectivity index (χ0v) is 15.0. The first kappa shape index (κ1) is 21.5. The molecule has 0 bridgehead atoms. The van der Waals surface area contributed by atoms with Crippen LogP contribution < -0.4 is 4.74 Å². The molecule has 10 heteroatoms. The van der Waals surface area contributed by atoms with Crippen molar-refractivity contribution >= 4 is 5.91 Å². The summed E-state index contributed by atoms with van der Waals surface area (Å²) < 4.78 is 85.6. The molecule has 0 saturated heterocycles. The van der Waals surface area contributed by atoms with E-state index < -0.39 is 23.3 Å². The molecule has 2 aromatic rings. The van der Waals surface area contributed by atoms with Gasteiger partial charge in [-0.25, -0.2) is 4.98 Å². The maximum Gasteiger partial charge on any atom is 0.375 e. The summed E-state index contributed by atoms with van der Waals surface area (Å²) in [6, 6.07) is 5.77. The van der Waals surface area contributed by atoms with Crippen LogP contribution >= 0.6 is 0 Å². The average molecular weight is 406 g/mol. The second-order valence-corrected chi connectivity index (χ2v) is 6.25. The van der Waals surface area contributed by atoms with Crippen molar-refractivity contribution in [3.05, 3.63) is 53.7 Å². The zero-order valence-electron chi connectivity index (χ0n) is 15.0. The Morgan fingerprint density at radius 3 is 1.96 bits per heavy atom. The fourth-order valence-electron chi connectivity index (χ4n) is 2.14. The molecule has 4 nitrogen and oxygen atoms in total. The lowest BCUT2D eigenvalue weighted by Crippen LogP contribution is -2.50. The Labute approximate surface area is 156 Å². The van der Waals surface area contributed by atoms with Crippen LogP contribution in [-0.2, 0) is 5.92 Å². The van der Waals surface area contributed by atoms with E-state index in [4.69, 9.17) is 4.74 Å². The van der Waals surface area contributed by atoms with Crippen molar-refractivity contribution in [2.45, 2.75) is 24.7 Å². The van der Waals surface area contributed by atoms with E-state index in [0.717, 1.165) is 12.1 Å². The summed E-state index contributed by atoms with van der Waals surface area (Å²) in [5.41, 5.74) is -0.999. The molecule has 0 radical (unpaired) electrons. The molecule has 0 atom stereocenters. The maximum absolute atomic E-state index is 13.9. The highest BCUT2D eigenvalue weighted by molar-refractivity contribution is 5.93. The summed E-state index contributed by atoms with van der Waals surface area (Å²) in [7, 11) is 3.12. The van der Waals surface area contributed by atoms with Crippen molar-refractivity contribution in [1.29, 1.82) is 0 Å². The van der Waals surface area contributed by atoms with Crippen LogP contribution in [-0.4, -0.2) is 41.7 Å². The predicted molar refractivity (Wildman–Crippen MR) is 88.2 cm³/mol. The predicted octanol–water partition coefficient (Wildman–Crippen LogP) is 4.96. The highest BCUT2D eigenvalue weighted by atomic mass is 19.3. The Balaban J connectivity index is 2.18. The van der Waals surface area contributed by atoms with Crippen LogP contribution in [0.2, 0.25) is 0 Å². The smallest absolute Gasteiger partial charge is 0.375 e. The van der Waals surface area contributed by atoms with E-state index in [1.165, 1.54) is 23.2 Å². The van der Waals surface area contributed by atoms with Gasteiger partial charge in [0, 0.05) is 38.8 Å². The number of amides is 1. The van der Waals surface area contributed by atoms with Crippen molar-refractivity contribution in [3.63, 3.8) is 0 Å². The number of hydrogen-bond donors (Lipinski definition) is 0. The first-order valence-corrected chi connectivity index (χ1v) is 7.87. The minimum absolute atomic E-state index is 0.0141. The fourth-order valence-corrected chi connectivity index (χ4v) is 2.14. The Hall–Kier alpha value is -2.78. The number of ether oxygens (including phenoxy) is 1. The summed E-state index contributed by atoms with van der Waals surface area (Å²) in [6.07, 6.45) is 1.24. The minimum atomic E-state index is -5.57. The number of alkyl halides is 6. The summed E-state index contributed by atoms with van der Waals surface area (Å²) in [6.45, 7) is -0.269. The number of hydrogen-bond acceptors (Lipinski definition) is 3. The standard InChI is InChI=1S/C18H16F6N2O2/c1-16(19,20)18(23,24)17(21,22)12-5-7-13(8-6-12)28-14-9-4-11(10-25-14)15(27)26(2)3/h4-10H,1-3H3. The minimum Gasteiger partial charge on any atom is -0.439 e. The van der Waals surface area contributed by atoms with Crippen LogP contribution in [0.1, 0.15) is 22.8 Å². The fraction of sp³-hybridized carbons (Fsp3) is 0.333. The number of benzene rings is 1. The van der Waals surface area contributed by atoms with Crippen molar-refractivity contribution in [3.8, 4) is 11.6 Å². The molecule has 1 aromatic heterocycles. The van der Waals surface area contributed by atoms with Gasteiger partial charge in [-0.2, -0.15) is 26.3 Å². The van der Waals surface area contributed by atoms with Gasteiger partial charge in [-0.3, -0.25) is 4.79 Å². The van der Waals surface area contributed by atoms with Gasteiger partial charge in [-0.1, -0.05) is 0 Å². The highest BCUT2D eigenvalue weighted by Crippen LogP contribution is 2.51. The van der Waals surface area contributed by atoms with Crippen LogP contribution in [0, 0.1) is 0 Å². The molecule has 0 aliphatic heterocycles. The second kappa shape index (κ2) is 7.33. The maximum atomic E-state index is 13.9. The van der Waals surface area contributed by atoms with Crippen LogP contribution in [0.4, 0.5) is 26.3 Å². The lowest BCUT2D eigenvalue weighted by atomic mass is 9.98. The van der Waals surface area contributed by atoms with Crippen LogP contribution in [0.25, 0.3) is 0 Å². The third-order valence-electron chi connectivity index (χ3n) is 3.77. The summed E-state index contributed by atoms with van der Waals surface area (Å²) in [5, 5.41) is 0. The normalized spacial score (nSPS) is 12.6. The third kappa shape index (κ3) is 4.05. The van der Waals surface area contributed by atoms with E-state index >= 15 is 0 Å². The average Bonchev–Trinajstić information content (AvgIpc) is 2.61. The molecular formula is C18H16F6N2O2. The van der Waals surface area contributed by atoms with E-state index in [1.807, 2.05) is 0 Å². The molecule has 0 N–H and O–H groups in total. The van der Waals surface area contributed by atoms with Crippen molar-refractivity contribution in [1.82, 2.24) is 9.88 Å². The topological polar surface area (TPSA) is 42.4 Å². The van der Waals surface area contributed by atoms with E-state index in [1.54, 1.807) is 14.1 Å². The molecule has 0 aliphatic rings. The summed E-state index contributed by atoms with van der Waals surface area (Å²) in [4.78, 5) is 17.0. The van der Waals surface area contributed by atoms with E-state index in [0.29, 0.717) is 12.1 Å². The molecule has 0 unspecified atom stereocenters. The molecule has 1 amide bonds. The van der Waals surface area contributed by atoms with Crippen molar-refractivity contribution < 1.29 is 35.9 Å². The number of pyridine rings is 1. The van der Waals surface area contributed by atoms with Gasteiger partial charge in [0.2, 0.25) is 5.88 Å². The zero-order chi connectivity index (χ0) is 21.3. The Morgan fingerprint density at radius 2 is 1.54 bits per heavy atom. The first-order valence-electron chi connectivity index (χ1n) is 7.87. The van der Waals surface area contributed by atoms with Crippen LogP contribution in [0.15, 0.2) is 42.6 Å². The number of aromatic nitrogens is 1. The molecule has 0 aliphatic carbocycles. The van der Waals surface area contributed by atoms with Crippen molar-refractivity contribution in [2.24, 2.45) is 0 Å². The number of rotatable bonds is 6. The second-order valence-electron chi connectivity index (χ2n) is 6.25. The van der Waals surface area contributed by atoms with Gasteiger partial charge in [0.05, 0.1) is 5.56 Å². The van der Waals surface area contributed by atoms with Gasteiger partial charge in [-0.05, 0) is 30.3 Å². The van der Waals surface area contributed by atoms with Gasteiger partial charge < -0.3 is 9.64 Å². The van der Waals surface area contributed by atoms with Gasteiger partial charge in [-0.15, -0.1) is 0 Å². The number of carbonyl (C=O) groups is 1.